The van der Waals surface area contributed by atoms with Crippen molar-refractivity contribution in [1.82, 2.24) is 5.32 Å². The molecule has 0 fully saturated rings. The van der Waals surface area contributed by atoms with E-state index in [4.69, 9.17) is 27.6 Å². The highest BCUT2D eigenvalue weighted by Gasteiger charge is 2.14. The van der Waals surface area contributed by atoms with Gasteiger partial charge >= 0.3 is 0 Å². The molecule has 1 heterocycles. The van der Waals surface area contributed by atoms with Gasteiger partial charge in [0, 0.05) is 41.1 Å². The summed E-state index contributed by atoms with van der Waals surface area (Å²) < 4.78 is 5.24. The third kappa shape index (κ3) is 4.26. The number of rotatable bonds is 6. The van der Waals surface area contributed by atoms with Gasteiger partial charge in [-0.05, 0) is 36.8 Å². The van der Waals surface area contributed by atoms with E-state index < -0.39 is 0 Å². The maximum atomic E-state index is 12.1. The molecular weight excluding hydrogens is 325 g/mol. The zero-order chi connectivity index (χ0) is 16.1. The van der Waals surface area contributed by atoms with E-state index in [0.717, 1.165) is 11.3 Å². The van der Waals surface area contributed by atoms with E-state index in [1.807, 2.05) is 6.07 Å². The first-order valence-electron chi connectivity index (χ1n) is 6.88. The summed E-state index contributed by atoms with van der Waals surface area (Å²) in [5.41, 5.74) is 1.14. The molecule has 0 saturated carbocycles. The molecule has 1 aromatic carbocycles. The van der Waals surface area contributed by atoms with Crippen molar-refractivity contribution in [3.63, 3.8) is 0 Å². The molecule has 0 aliphatic heterocycles. The van der Waals surface area contributed by atoms with Gasteiger partial charge in [0.15, 0.2) is 0 Å². The lowest BCUT2D eigenvalue weighted by atomic mass is 10.0. The molecule has 2 aromatic rings. The average molecular weight is 342 g/mol. The van der Waals surface area contributed by atoms with E-state index in [1.165, 1.54) is 0 Å². The largest absolute Gasteiger partial charge is 0.469 e. The van der Waals surface area contributed by atoms with Crippen molar-refractivity contribution in [2.24, 2.45) is 5.92 Å². The van der Waals surface area contributed by atoms with Crippen molar-refractivity contribution in [3.05, 3.63) is 57.5 Å². The second-order valence-electron chi connectivity index (χ2n) is 5.11. The van der Waals surface area contributed by atoms with Crippen molar-refractivity contribution in [3.8, 4) is 0 Å². The van der Waals surface area contributed by atoms with Gasteiger partial charge in [-0.1, -0.05) is 23.2 Å². The molecule has 22 heavy (non-hydrogen) atoms. The van der Waals surface area contributed by atoms with Crippen molar-refractivity contribution < 1.29 is 14.3 Å². The second kappa shape index (κ2) is 7.68. The van der Waals surface area contributed by atoms with E-state index in [-0.39, 0.29) is 18.4 Å². The molecule has 0 saturated heterocycles. The minimum Gasteiger partial charge on any atom is -0.469 e. The normalized spacial score (nSPS) is 12.2. The van der Waals surface area contributed by atoms with Crippen molar-refractivity contribution in [1.29, 1.82) is 0 Å². The van der Waals surface area contributed by atoms with Gasteiger partial charge < -0.3 is 14.8 Å². The van der Waals surface area contributed by atoms with Crippen molar-refractivity contribution in [2.45, 2.75) is 13.3 Å². The highest BCUT2D eigenvalue weighted by molar-refractivity contribution is 6.36. The van der Waals surface area contributed by atoms with E-state index >= 15 is 0 Å². The van der Waals surface area contributed by atoms with Gasteiger partial charge in [-0.3, -0.25) is 4.79 Å². The molecule has 2 rings (SSSR count). The van der Waals surface area contributed by atoms with E-state index in [2.05, 4.69) is 5.32 Å². The molecule has 1 amide bonds. The molecule has 0 radical (unpaired) electrons. The zero-order valence-corrected chi connectivity index (χ0v) is 13.6. The number of furan rings is 1. The Morgan fingerprint density at radius 1 is 1.36 bits per heavy atom. The fraction of sp³-hybridized carbons (Fsp3) is 0.312. The Labute approximate surface area is 139 Å². The first kappa shape index (κ1) is 16.9. The van der Waals surface area contributed by atoms with Crippen LogP contribution in [0.4, 0.5) is 0 Å². The fourth-order valence-electron chi connectivity index (χ4n) is 2.03. The monoisotopic (exact) mass is 341 g/mol. The lowest BCUT2D eigenvalue weighted by Crippen LogP contribution is -2.31. The van der Waals surface area contributed by atoms with E-state index in [9.17, 15) is 9.90 Å². The van der Waals surface area contributed by atoms with E-state index in [1.54, 1.807) is 31.4 Å². The van der Waals surface area contributed by atoms with Gasteiger partial charge in [0.2, 0.25) is 0 Å². The predicted molar refractivity (Wildman–Crippen MR) is 86.5 cm³/mol. The molecule has 0 spiro atoms. The number of amides is 1. The minimum atomic E-state index is -0.276. The van der Waals surface area contributed by atoms with Crippen LogP contribution >= 0.6 is 23.2 Å². The number of hydrogen-bond donors (Lipinski definition) is 2. The molecule has 1 aromatic heterocycles. The molecule has 118 valence electrons. The van der Waals surface area contributed by atoms with Crippen LogP contribution in [0.25, 0.3) is 0 Å². The van der Waals surface area contributed by atoms with Crippen molar-refractivity contribution in [2.75, 3.05) is 13.2 Å². The lowest BCUT2D eigenvalue weighted by molar-refractivity contribution is 0.0939. The van der Waals surface area contributed by atoms with Crippen LogP contribution < -0.4 is 5.32 Å². The molecule has 0 aliphatic carbocycles. The van der Waals surface area contributed by atoms with Crippen LogP contribution in [0.3, 0.4) is 0 Å². The number of nitrogens with one attached hydrogen (secondary N) is 1. The Balaban J connectivity index is 1.96. The summed E-state index contributed by atoms with van der Waals surface area (Å²) in [6, 6.07) is 6.79. The quantitative estimate of drug-likeness (QED) is 0.845. The summed E-state index contributed by atoms with van der Waals surface area (Å²) >= 11 is 12.1. The van der Waals surface area contributed by atoms with Gasteiger partial charge in [0.05, 0.1) is 6.26 Å². The molecule has 0 unspecified atom stereocenters. The number of hydrogen-bond acceptors (Lipinski definition) is 3. The second-order valence-corrected chi connectivity index (χ2v) is 5.92. The van der Waals surface area contributed by atoms with Crippen LogP contribution in [0, 0.1) is 12.8 Å². The highest BCUT2D eigenvalue weighted by Crippen LogP contribution is 2.25. The van der Waals surface area contributed by atoms with Crippen LogP contribution in [0.1, 0.15) is 21.7 Å². The molecule has 1 atom stereocenters. The summed E-state index contributed by atoms with van der Waals surface area (Å²) in [5.74, 6) is 0.378. The summed E-state index contributed by atoms with van der Waals surface area (Å²) in [6.45, 7) is 2.08. The number of carbonyl (C=O) groups is 1. The van der Waals surface area contributed by atoms with Gasteiger partial charge in [0.25, 0.3) is 5.91 Å². The fourth-order valence-corrected chi connectivity index (χ4v) is 2.52. The maximum Gasteiger partial charge on any atom is 0.251 e. The third-order valence-electron chi connectivity index (χ3n) is 3.42. The molecule has 0 aliphatic rings. The summed E-state index contributed by atoms with van der Waals surface area (Å²) in [4.78, 5) is 12.1. The standard InChI is InChI=1S/C16H17Cl2NO3/c1-10-14(17)6-12(7-15(10)18)16(21)19-8-11(9-20)5-13-3-2-4-22-13/h2-4,6-7,11,20H,5,8-9H2,1H3,(H,19,21)/t11-/m0/s1. The molecular formula is C16H17Cl2NO3. The Morgan fingerprint density at radius 2 is 2.05 bits per heavy atom. The van der Waals surface area contributed by atoms with Crippen LogP contribution in [0.2, 0.25) is 10.0 Å². The molecule has 0 bridgehead atoms. The lowest BCUT2D eigenvalue weighted by Gasteiger charge is -2.14. The van der Waals surface area contributed by atoms with Crippen LogP contribution in [0.5, 0.6) is 0 Å². The first-order chi connectivity index (χ1) is 10.5. The topological polar surface area (TPSA) is 62.5 Å². The van der Waals surface area contributed by atoms with Crippen LogP contribution in [-0.2, 0) is 6.42 Å². The van der Waals surface area contributed by atoms with E-state index in [0.29, 0.717) is 28.6 Å². The number of aliphatic hydroxyl groups is 1. The number of benzene rings is 1. The van der Waals surface area contributed by atoms with Gasteiger partial charge in [-0.2, -0.15) is 0 Å². The average Bonchev–Trinajstić information content (AvgIpc) is 3.01. The van der Waals surface area contributed by atoms with Gasteiger partial charge in [-0.25, -0.2) is 0 Å². The van der Waals surface area contributed by atoms with Crippen molar-refractivity contribution >= 4 is 29.1 Å². The Hall–Kier alpha value is -1.49. The van der Waals surface area contributed by atoms with Gasteiger partial charge in [0.1, 0.15) is 5.76 Å². The zero-order valence-electron chi connectivity index (χ0n) is 12.1. The minimum absolute atomic E-state index is 0.0452. The highest BCUT2D eigenvalue weighted by atomic mass is 35.5. The number of carbonyl (C=O) groups excluding carboxylic acids is 1. The molecule has 4 nitrogen and oxygen atoms in total. The smallest absolute Gasteiger partial charge is 0.251 e. The molecule has 6 heteroatoms. The first-order valence-corrected chi connectivity index (χ1v) is 7.64. The Morgan fingerprint density at radius 3 is 2.59 bits per heavy atom. The Bertz CT molecular complexity index is 618. The number of aliphatic hydroxyl groups excluding tert-OH is 1. The number of halogens is 2. The summed E-state index contributed by atoms with van der Waals surface area (Å²) in [5, 5.41) is 13.1. The SMILES string of the molecule is Cc1c(Cl)cc(C(=O)NC[C@@H](CO)Cc2ccco2)cc1Cl. The Kier molecular flexibility index (Phi) is 5.89. The van der Waals surface area contributed by atoms with Crippen LogP contribution in [0.15, 0.2) is 34.9 Å². The summed E-state index contributed by atoms with van der Waals surface area (Å²) in [7, 11) is 0. The maximum absolute atomic E-state index is 12.1. The van der Waals surface area contributed by atoms with Crippen LogP contribution in [-0.4, -0.2) is 24.2 Å². The van der Waals surface area contributed by atoms with Gasteiger partial charge in [-0.15, -0.1) is 0 Å². The molecule has 2 N–H and O–H groups in total. The summed E-state index contributed by atoms with van der Waals surface area (Å²) in [6.07, 6.45) is 2.14. The predicted octanol–water partition coefficient (Wildman–Crippen LogP) is 3.48. The third-order valence-corrected chi connectivity index (χ3v) is 4.21.